The monoisotopic (exact) mass is 278 g/mol. The molecule has 0 aromatic heterocycles. The second-order valence-corrected chi connectivity index (χ2v) is 5.07. The van der Waals surface area contributed by atoms with E-state index in [9.17, 15) is 9.90 Å². The summed E-state index contributed by atoms with van der Waals surface area (Å²) in [5, 5.41) is 12.9. The van der Waals surface area contributed by atoms with Crippen molar-refractivity contribution >= 4 is 5.97 Å². The van der Waals surface area contributed by atoms with Crippen LogP contribution in [0.2, 0.25) is 0 Å². The number of carboxylic acid groups (broad SMARTS) is 1. The Morgan fingerprint density at radius 1 is 1.25 bits per heavy atom. The van der Waals surface area contributed by atoms with E-state index in [0.717, 1.165) is 57.9 Å². The first kappa shape index (κ1) is 15.0. The number of morpholine rings is 1. The summed E-state index contributed by atoms with van der Waals surface area (Å²) in [7, 11) is 0. The first-order valence-corrected chi connectivity index (χ1v) is 7.18. The zero-order chi connectivity index (χ0) is 14.2. The molecule has 0 radical (unpaired) electrons. The highest BCUT2D eigenvalue weighted by Gasteiger charge is 2.09. The molecule has 2 N–H and O–H groups in total. The summed E-state index contributed by atoms with van der Waals surface area (Å²) in [4.78, 5) is 13.1. The van der Waals surface area contributed by atoms with Crippen molar-refractivity contribution in [2.75, 3.05) is 39.4 Å². The van der Waals surface area contributed by atoms with E-state index >= 15 is 0 Å². The minimum Gasteiger partial charge on any atom is -0.545 e. The number of carbonyl (C=O) groups excluding carboxylic acids is 1. The number of benzene rings is 1. The molecule has 0 bridgehead atoms. The van der Waals surface area contributed by atoms with E-state index in [2.05, 4.69) is 10.2 Å². The van der Waals surface area contributed by atoms with Crippen LogP contribution in [0, 0.1) is 0 Å². The molecule has 1 heterocycles. The van der Waals surface area contributed by atoms with Gasteiger partial charge < -0.3 is 20.0 Å². The molecule has 1 fully saturated rings. The van der Waals surface area contributed by atoms with Crippen LogP contribution in [0.3, 0.4) is 0 Å². The molecular formula is C15H22N2O3. The predicted octanol–water partition coefficient (Wildman–Crippen LogP) is -1.16. The predicted molar refractivity (Wildman–Crippen MR) is 73.1 cm³/mol. The molecule has 0 amide bonds. The van der Waals surface area contributed by atoms with Crippen molar-refractivity contribution in [2.45, 2.75) is 13.0 Å². The number of hydrogen-bond acceptors (Lipinski definition) is 4. The van der Waals surface area contributed by atoms with Gasteiger partial charge in [0.15, 0.2) is 0 Å². The van der Waals surface area contributed by atoms with Crippen LogP contribution in [-0.2, 0) is 11.3 Å². The molecule has 1 aromatic carbocycles. The van der Waals surface area contributed by atoms with Crippen LogP contribution < -0.4 is 10.4 Å². The fraction of sp³-hybridized carbons (Fsp3) is 0.533. The SMILES string of the molecule is O=C([O-])c1ccc(C[NH2+]CCCN2CCOCC2)cc1. The lowest BCUT2D eigenvalue weighted by Crippen LogP contribution is -2.82. The fourth-order valence-corrected chi connectivity index (χ4v) is 2.33. The molecule has 5 nitrogen and oxygen atoms in total. The largest absolute Gasteiger partial charge is 0.545 e. The highest BCUT2D eigenvalue weighted by molar-refractivity contribution is 5.85. The Balaban J connectivity index is 1.59. The van der Waals surface area contributed by atoms with Gasteiger partial charge in [-0.05, 0) is 5.56 Å². The van der Waals surface area contributed by atoms with Gasteiger partial charge in [0.2, 0.25) is 0 Å². The molecule has 0 atom stereocenters. The van der Waals surface area contributed by atoms with Crippen LogP contribution >= 0.6 is 0 Å². The lowest BCUT2D eigenvalue weighted by atomic mass is 10.1. The summed E-state index contributed by atoms with van der Waals surface area (Å²) in [5.41, 5.74) is 1.38. The number of carboxylic acids is 1. The number of ether oxygens (including phenoxy) is 1. The van der Waals surface area contributed by atoms with Gasteiger partial charge in [-0.15, -0.1) is 0 Å². The average molecular weight is 278 g/mol. The average Bonchev–Trinajstić information content (AvgIpc) is 2.48. The number of hydrogen-bond donors (Lipinski definition) is 1. The maximum Gasteiger partial charge on any atom is 0.101 e. The van der Waals surface area contributed by atoms with Gasteiger partial charge in [-0.3, -0.25) is 4.90 Å². The third-order valence-corrected chi connectivity index (χ3v) is 3.56. The van der Waals surface area contributed by atoms with Crippen molar-refractivity contribution in [3.05, 3.63) is 35.4 Å². The van der Waals surface area contributed by atoms with Crippen molar-refractivity contribution in [2.24, 2.45) is 0 Å². The van der Waals surface area contributed by atoms with Gasteiger partial charge in [-0.1, -0.05) is 24.3 Å². The number of rotatable bonds is 7. The van der Waals surface area contributed by atoms with Crippen molar-refractivity contribution in [1.82, 2.24) is 4.90 Å². The minimum atomic E-state index is -1.12. The van der Waals surface area contributed by atoms with Crippen molar-refractivity contribution in [1.29, 1.82) is 0 Å². The maximum absolute atomic E-state index is 10.6. The highest BCUT2D eigenvalue weighted by atomic mass is 16.5. The standard InChI is InChI=1S/C15H22N2O3/c18-15(19)14-4-2-13(3-5-14)12-16-6-1-7-17-8-10-20-11-9-17/h2-5,16H,1,6-12H2,(H,18,19). The van der Waals surface area contributed by atoms with Crippen molar-refractivity contribution in [3.63, 3.8) is 0 Å². The van der Waals surface area contributed by atoms with Crippen LogP contribution in [0.4, 0.5) is 0 Å². The lowest BCUT2D eigenvalue weighted by molar-refractivity contribution is -0.670. The van der Waals surface area contributed by atoms with E-state index in [0.29, 0.717) is 0 Å². The van der Waals surface area contributed by atoms with Gasteiger partial charge in [-0.2, -0.15) is 0 Å². The Hall–Kier alpha value is -1.43. The summed E-state index contributed by atoms with van der Waals surface area (Å²) < 4.78 is 5.32. The van der Waals surface area contributed by atoms with Crippen LogP contribution in [0.15, 0.2) is 24.3 Å². The van der Waals surface area contributed by atoms with Crippen molar-refractivity contribution < 1.29 is 20.0 Å². The Bertz CT molecular complexity index is 414. The summed E-state index contributed by atoms with van der Waals surface area (Å²) in [6, 6.07) is 6.91. The Morgan fingerprint density at radius 2 is 1.95 bits per heavy atom. The third-order valence-electron chi connectivity index (χ3n) is 3.56. The van der Waals surface area contributed by atoms with Crippen LogP contribution in [0.25, 0.3) is 0 Å². The van der Waals surface area contributed by atoms with Gasteiger partial charge in [0, 0.05) is 31.6 Å². The van der Waals surface area contributed by atoms with Gasteiger partial charge in [0.05, 0.1) is 25.7 Å². The van der Waals surface area contributed by atoms with Crippen molar-refractivity contribution in [3.8, 4) is 0 Å². The topological polar surface area (TPSA) is 69.2 Å². The zero-order valence-electron chi connectivity index (χ0n) is 11.7. The van der Waals surface area contributed by atoms with E-state index in [4.69, 9.17) is 4.74 Å². The molecule has 2 rings (SSSR count). The number of carbonyl (C=O) groups is 1. The summed E-state index contributed by atoms with van der Waals surface area (Å²) in [6.07, 6.45) is 1.16. The van der Waals surface area contributed by atoms with E-state index in [1.165, 1.54) is 0 Å². The molecule has 0 saturated carbocycles. The molecular weight excluding hydrogens is 256 g/mol. The van der Waals surface area contributed by atoms with Crippen LogP contribution in [0.1, 0.15) is 22.3 Å². The van der Waals surface area contributed by atoms with E-state index < -0.39 is 5.97 Å². The van der Waals surface area contributed by atoms with Gasteiger partial charge in [0.1, 0.15) is 6.54 Å². The molecule has 0 aliphatic carbocycles. The highest BCUT2D eigenvalue weighted by Crippen LogP contribution is 2.02. The summed E-state index contributed by atoms with van der Waals surface area (Å²) >= 11 is 0. The number of quaternary nitrogens is 1. The Labute approximate surface area is 119 Å². The second kappa shape index (κ2) is 7.99. The molecule has 1 aliphatic rings. The first-order chi connectivity index (χ1) is 9.75. The minimum absolute atomic E-state index is 0.237. The smallest absolute Gasteiger partial charge is 0.101 e. The lowest BCUT2D eigenvalue weighted by Gasteiger charge is -2.26. The molecule has 0 spiro atoms. The van der Waals surface area contributed by atoms with Gasteiger partial charge >= 0.3 is 0 Å². The van der Waals surface area contributed by atoms with E-state index in [-0.39, 0.29) is 5.56 Å². The van der Waals surface area contributed by atoms with Crippen LogP contribution in [-0.4, -0.2) is 50.3 Å². The molecule has 110 valence electrons. The van der Waals surface area contributed by atoms with Crippen LogP contribution in [0.5, 0.6) is 0 Å². The number of nitrogens with zero attached hydrogens (tertiary/aromatic N) is 1. The molecule has 1 aliphatic heterocycles. The molecule has 20 heavy (non-hydrogen) atoms. The third kappa shape index (κ3) is 4.92. The van der Waals surface area contributed by atoms with E-state index in [1.807, 2.05) is 12.1 Å². The Morgan fingerprint density at radius 3 is 2.60 bits per heavy atom. The quantitative estimate of drug-likeness (QED) is 0.639. The number of aromatic carboxylic acids is 1. The summed E-state index contributed by atoms with van der Waals surface area (Å²) in [5.74, 6) is -1.12. The van der Waals surface area contributed by atoms with E-state index in [1.54, 1.807) is 12.1 Å². The number of nitrogens with two attached hydrogens (primary N) is 1. The maximum atomic E-state index is 10.6. The molecule has 5 heteroatoms. The Kier molecular flexibility index (Phi) is 5.98. The van der Waals surface area contributed by atoms with Gasteiger partial charge in [0.25, 0.3) is 0 Å². The normalized spacial score (nSPS) is 16.2. The molecule has 1 saturated heterocycles. The molecule has 1 aromatic rings. The first-order valence-electron chi connectivity index (χ1n) is 7.18. The summed E-state index contributed by atoms with van der Waals surface area (Å²) in [6.45, 7) is 6.90. The zero-order valence-corrected chi connectivity index (χ0v) is 11.7. The second-order valence-electron chi connectivity index (χ2n) is 5.07. The molecule has 0 unspecified atom stereocenters. The van der Waals surface area contributed by atoms with Gasteiger partial charge in [-0.25, -0.2) is 0 Å². The fourth-order valence-electron chi connectivity index (χ4n) is 2.33.